The Labute approximate surface area is 460 Å². The first-order valence-electron chi connectivity index (χ1n) is 25.4. The quantitative estimate of drug-likeness (QED) is 0.0350. The number of aliphatic hydroxyl groups is 1. The zero-order valence-corrected chi connectivity index (χ0v) is 45.5. The van der Waals surface area contributed by atoms with E-state index in [0.717, 1.165) is 33.4 Å². The van der Waals surface area contributed by atoms with Gasteiger partial charge in [0.15, 0.2) is 18.0 Å². The Morgan fingerprint density at radius 2 is 1.52 bits per heavy atom. The third kappa shape index (κ3) is 11.5. The molecule has 0 saturated carbocycles. The van der Waals surface area contributed by atoms with Crippen LogP contribution in [0.25, 0.3) is 28.4 Å². The van der Waals surface area contributed by atoms with Crippen molar-refractivity contribution in [1.29, 1.82) is 0 Å². The predicted octanol–water partition coefficient (Wildman–Crippen LogP) is 9.79. The molecule has 10 rings (SSSR count). The second-order valence-electron chi connectivity index (χ2n) is 19.2. The molecule has 0 radical (unpaired) electrons. The fraction of sp³-hybridized carbons (Fsp3) is 0.255. The number of aryl methyl sites for hydroxylation is 2. The fourth-order valence-electron chi connectivity index (χ4n) is 9.49. The van der Waals surface area contributed by atoms with Gasteiger partial charge in [0.1, 0.15) is 16.3 Å². The van der Waals surface area contributed by atoms with E-state index < -0.39 is 27.8 Å². The van der Waals surface area contributed by atoms with Crippen LogP contribution in [0, 0.1) is 20.8 Å². The summed E-state index contributed by atoms with van der Waals surface area (Å²) in [6.45, 7) is 12.0. The van der Waals surface area contributed by atoms with Crippen molar-refractivity contribution in [1.82, 2.24) is 49.7 Å². The monoisotopic (exact) mass is 1100 g/mol. The minimum atomic E-state index is -4.47. The second-order valence-corrected chi connectivity index (χ2v) is 20.6. The van der Waals surface area contributed by atoms with Crippen LogP contribution in [0.4, 0.5) is 40.3 Å². The number of methoxy groups -OCH3 is 1. The lowest BCUT2D eigenvalue weighted by atomic mass is 9.79. The number of pyridine rings is 2. The Balaban J connectivity index is 0.903. The van der Waals surface area contributed by atoms with Crippen molar-refractivity contribution in [3.63, 3.8) is 0 Å². The van der Waals surface area contributed by atoms with E-state index in [1.54, 1.807) is 49.7 Å². The SMILES string of the molecule is CCOC1C(N=Nc2ncc(Nc3c(C)cc(C)c(S(=O)(=O)O)c3C)cn2)C(c2ccccn2)=NN1c1ccc(C(C)(C)Cc2ccnc(-c3nn(-c4nc5ccccc5[nH]4)c(OC)c3N=Nc3ncc(NCCO)cn3)c2)cc1. The number of nitrogens with zero attached hydrogens (tertiary/aromatic N) is 15. The molecule has 0 fully saturated rings. The number of imidazole rings is 1. The van der Waals surface area contributed by atoms with Gasteiger partial charge in [0.05, 0.1) is 78.0 Å². The number of hydrogen-bond donors (Lipinski definition) is 5. The predicted molar refractivity (Wildman–Crippen MR) is 301 cm³/mol. The largest absolute Gasteiger partial charge is 0.479 e. The summed E-state index contributed by atoms with van der Waals surface area (Å²) in [6, 6.07) is 26.2. The molecule has 3 aromatic carbocycles. The van der Waals surface area contributed by atoms with E-state index in [2.05, 4.69) is 81.9 Å². The summed E-state index contributed by atoms with van der Waals surface area (Å²) in [5.74, 6) is 0.826. The Hall–Kier alpha value is -9.30. The number of aromatic nitrogens is 10. The van der Waals surface area contributed by atoms with Crippen LogP contribution in [0.2, 0.25) is 0 Å². The Morgan fingerprint density at radius 3 is 2.21 bits per heavy atom. The third-order valence-electron chi connectivity index (χ3n) is 13.1. The molecule has 0 aliphatic carbocycles. The van der Waals surface area contributed by atoms with Gasteiger partial charge in [-0.25, -0.2) is 29.9 Å². The van der Waals surface area contributed by atoms with E-state index in [0.29, 0.717) is 76.5 Å². The summed E-state index contributed by atoms with van der Waals surface area (Å²) < 4.78 is 48.2. The standard InChI is InChI=1S/C55H56N18O6S/c1-8-79-51-48(67-69-53-61-30-38(31-62-53)63-44-32(2)25-33(3)49(34(44)4)80(75,76)77)45(42-15-11-12-21-57-42)70-72(51)39-18-16-36(17-19-39)55(5,6)27-35-20-22-58-43(26-35)46-47(66-68-52-59-28-37(29-60-52)56-23-24-74)50(78-7)73(71-46)54-64-40-13-9-10-14-41(40)65-54/h9-22,25-26,28-31,48,51,56,63,74H,8,23-24,27H2,1-7H3,(H,64,65)(H,75,76,77). The molecule has 24 nitrogen and oxygen atoms in total. The molecule has 7 heterocycles. The summed E-state index contributed by atoms with van der Waals surface area (Å²) >= 11 is 0. The Morgan fingerprint density at radius 1 is 0.812 bits per heavy atom. The summed E-state index contributed by atoms with van der Waals surface area (Å²) in [7, 11) is -2.95. The molecule has 0 saturated heterocycles. The number of benzene rings is 3. The Bertz CT molecular complexity index is 3860. The maximum absolute atomic E-state index is 12.2. The molecule has 9 aromatic rings. The second kappa shape index (κ2) is 23.0. The number of ether oxygens (including phenoxy) is 2. The number of aromatic amines is 1. The lowest BCUT2D eigenvalue weighted by Gasteiger charge is -2.28. The molecule has 6 aromatic heterocycles. The summed E-state index contributed by atoms with van der Waals surface area (Å²) in [6.07, 6.45) is 9.46. The number of para-hydroxylation sites is 2. The molecule has 5 N–H and O–H groups in total. The molecule has 0 amide bonds. The van der Waals surface area contributed by atoms with Crippen LogP contribution in [-0.2, 0) is 26.7 Å². The molecule has 2 atom stereocenters. The van der Waals surface area contributed by atoms with Crippen LogP contribution in [-0.4, -0.2) is 113 Å². The first-order valence-corrected chi connectivity index (χ1v) is 26.8. The van der Waals surface area contributed by atoms with E-state index in [1.807, 2.05) is 80.6 Å². The number of rotatable bonds is 20. The van der Waals surface area contributed by atoms with Crippen molar-refractivity contribution in [3.05, 3.63) is 156 Å². The Kier molecular flexibility index (Phi) is 15.5. The molecule has 0 bridgehead atoms. The van der Waals surface area contributed by atoms with Crippen molar-refractivity contribution in [3.8, 4) is 23.2 Å². The highest BCUT2D eigenvalue weighted by atomic mass is 32.2. The molecule has 0 spiro atoms. The number of aliphatic hydroxyl groups excluding tert-OH is 1. The van der Waals surface area contributed by atoms with Crippen LogP contribution >= 0.6 is 0 Å². The van der Waals surface area contributed by atoms with Gasteiger partial charge in [0.2, 0.25) is 11.8 Å². The van der Waals surface area contributed by atoms with Crippen LogP contribution in [0.3, 0.4) is 0 Å². The van der Waals surface area contributed by atoms with Crippen LogP contribution in [0.15, 0.2) is 153 Å². The van der Waals surface area contributed by atoms with E-state index in [1.165, 1.54) is 24.2 Å². The van der Waals surface area contributed by atoms with Crippen molar-refractivity contribution in [2.45, 2.75) is 70.5 Å². The summed E-state index contributed by atoms with van der Waals surface area (Å²) in [5, 5.41) is 45.4. The highest BCUT2D eigenvalue weighted by molar-refractivity contribution is 7.86. The number of hydrogen-bond acceptors (Lipinski definition) is 21. The van der Waals surface area contributed by atoms with E-state index in [4.69, 9.17) is 34.8 Å². The fourth-order valence-corrected chi connectivity index (χ4v) is 10.4. The summed E-state index contributed by atoms with van der Waals surface area (Å²) in [5.41, 5.74) is 9.42. The highest BCUT2D eigenvalue weighted by Crippen LogP contribution is 2.41. The maximum Gasteiger partial charge on any atom is 0.295 e. The average molecular weight is 1100 g/mol. The third-order valence-corrected chi connectivity index (χ3v) is 14.3. The molecule has 1 aliphatic rings. The van der Waals surface area contributed by atoms with Gasteiger partial charge in [-0.2, -0.15) is 28.4 Å². The minimum absolute atomic E-state index is 0.0417. The van der Waals surface area contributed by atoms with E-state index >= 15 is 0 Å². The first kappa shape index (κ1) is 54.1. The van der Waals surface area contributed by atoms with Crippen LogP contribution < -0.4 is 20.4 Å². The van der Waals surface area contributed by atoms with E-state index in [9.17, 15) is 18.1 Å². The zero-order valence-electron chi connectivity index (χ0n) is 44.7. The van der Waals surface area contributed by atoms with Crippen molar-refractivity contribution < 1.29 is 27.6 Å². The molecule has 25 heteroatoms. The molecular weight excluding hydrogens is 1040 g/mol. The van der Waals surface area contributed by atoms with Gasteiger partial charge in [-0.3, -0.25) is 14.5 Å². The molecule has 2 unspecified atom stereocenters. The van der Waals surface area contributed by atoms with E-state index in [-0.39, 0.29) is 35.0 Å². The van der Waals surface area contributed by atoms with Gasteiger partial charge in [0.25, 0.3) is 22.0 Å². The topological polar surface area (TPSA) is 306 Å². The normalized spacial score (nSPS) is 14.9. The van der Waals surface area contributed by atoms with Crippen LogP contribution in [0.1, 0.15) is 54.3 Å². The number of azo groups is 2. The van der Waals surface area contributed by atoms with Gasteiger partial charge in [-0.05, 0) is 116 Å². The number of nitrogens with one attached hydrogen (secondary N) is 3. The number of hydrazone groups is 1. The van der Waals surface area contributed by atoms with Crippen LogP contribution in [0.5, 0.6) is 5.88 Å². The lowest BCUT2D eigenvalue weighted by molar-refractivity contribution is 0.0613. The maximum atomic E-state index is 12.2. The summed E-state index contributed by atoms with van der Waals surface area (Å²) in [4.78, 5) is 34.8. The lowest BCUT2D eigenvalue weighted by Crippen LogP contribution is -2.39. The van der Waals surface area contributed by atoms with Gasteiger partial charge in [-0.15, -0.1) is 15.3 Å². The number of fused-ring (bicyclic) bond motifs is 1. The average Bonchev–Trinajstić information content (AvgIpc) is 4.26. The van der Waals surface area contributed by atoms with Gasteiger partial charge >= 0.3 is 0 Å². The number of anilines is 4. The molecule has 1 aliphatic heterocycles. The molecule has 80 heavy (non-hydrogen) atoms. The first-order chi connectivity index (χ1) is 38.6. The molecular formula is C55H56N18O6S. The number of H-pyrrole nitrogens is 1. The molecule has 408 valence electrons. The smallest absolute Gasteiger partial charge is 0.295 e. The van der Waals surface area contributed by atoms with Gasteiger partial charge in [-0.1, -0.05) is 50.2 Å². The zero-order chi connectivity index (χ0) is 56.1. The van der Waals surface area contributed by atoms with Gasteiger partial charge < -0.3 is 30.2 Å². The minimum Gasteiger partial charge on any atom is -0.479 e. The van der Waals surface area contributed by atoms with Crippen molar-refractivity contribution in [2.24, 2.45) is 25.6 Å². The van der Waals surface area contributed by atoms with Crippen molar-refractivity contribution in [2.75, 3.05) is 42.5 Å². The van der Waals surface area contributed by atoms with Gasteiger partial charge in [0, 0.05) is 31.2 Å². The highest BCUT2D eigenvalue weighted by Gasteiger charge is 2.41. The van der Waals surface area contributed by atoms with Crippen molar-refractivity contribution >= 4 is 67.2 Å².